The molecule has 19 heavy (non-hydrogen) atoms. The molecule has 0 saturated carbocycles. The summed E-state index contributed by atoms with van der Waals surface area (Å²) in [6, 6.07) is 5.47. The molecule has 0 aliphatic heterocycles. The third-order valence-electron chi connectivity index (χ3n) is 2.35. The Hall–Kier alpha value is -1.77. The molecule has 2 aromatic rings. The van der Waals surface area contributed by atoms with Crippen LogP contribution in [-0.2, 0) is 4.74 Å². The van der Waals surface area contributed by atoms with Gasteiger partial charge in [0.25, 0.3) is 0 Å². The fourth-order valence-electron chi connectivity index (χ4n) is 1.69. The number of furan rings is 1. The van der Waals surface area contributed by atoms with Crippen LogP contribution in [0.4, 0.5) is 0 Å². The van der Waals surface area contributed by atoms with Gasteiger partial charge in [-0.1, -0.05) is 27.7 Å². The van der Waals surface area contributed by atoms with Gasteiger partial charge >= 0.3 is 5.97 Å². The molecule has 0 saturated heterocycles. The summed E-state index contributed by atoms with van der Waals surface area (Å²) in [5.74, 6) is 0.522. The molecule has 1 aromatic heterocycles. The van der Waals surface area contributed by atoms with Gasteiger partial charge in [0.2, 0.25) is 0 Å². The van der Waals surface area contributed by atoms with E-state index in [1.807, 2.05) is 47.6 Å². The van der Waals surface area contributed by atoms with Gasteiger partial charge in [-0.15, -0.1) is 0 Å². The molecular weight excluding hydrogens is 240 g/mol. The molecule has 2 rings (SSSR count). The van der Waals surface area contributed by atoms with Crippen molar-refractivity contribution in [3.63, 3.8) is 0 Å². The lowest BCUT2D eigenvalue weighted by molar-refractivity contribution is 0.0601. The first-order chi connectivity index (χ1) is 9.11. The van der Waals surface area contributed by atoms with Crippen LogP contribution in [0.2, 0.25) is 0 Å². The van der Waals surface area contributed by atoms with Crippen molar-refractivity contribution < 1.29 is 13.9 Å². The predicted octanol–water partition coefficient (Wildman–Crippen LogP) is 4.89. The monoisotopic (exact) mass is 264 g/mol. The van der Waals surface area contributed by atoms with Crippen molar-refractivity contribution in [2.24, 2.45) is 0 Å². The van der Waals surface area contributed by atoms with Crippen molar-refractivity contribution >= 4 is 16.9 Å². The van der Waals surface area contributed by atoms with Gasteiger partial charge in [-0.3, -0.25) is 0 Å². The van der Waals surface area contributed by atoms with E-state index in [4.69, 9.17) is 4.42 Å². The fraction of sp³-hybridized carbons (Fsp3) is 0.438. The number of fused-ring (bicyclic) bond motifs is 1. The van der Waals surface area contributed by atoms with Gasteiger partial charge in [0.15, 0.2) is 0 Å². The number of aryl methyl sites for hydroxylation is 2. The molecule has 0 bridgehead atoms. The van der Waals surface area contributed by atoms with E-state index in [0.29, 0.717) is 5.56 Å². The Kier molecular flexibility index (Phi) is 7.57. The van der Waals surface area contributed by atoms with Gasteiger partial charge in [0, 0.05) is 5.39 Å². The number of hydrogen-bond donors (Lipinski definition) is 0. The molecule has 1 heterocycles. The molecule has 3 heteroatoms. The number of carbonyl (C=O) groups is 1. The van der Waals surface area contributed by atoms with E-state index < -0.39 is 0 Å². The lowest BCUT2D eigenvalue weighted by Gasteiger charge is -2.01. The van der Waals surface area contributed by atoms with Gasteiger partial charge in [0.1, 0.15) is 11.3 Å². The number of ether oxygens (including phenoxy) is 1. The largest absolute Gasteiger partial charge is 0.465 e. The Labute approximate surface area is 115 Å². The Balaban J connectivity index is 0.000000741. The van der Waals surface area contributed by atoms with Gasteiger partial charge in [-0.05, 0) is 37.6 Å². The van der Waals surface area contributed by atoms with Crippen LogP contribution in [0.5, 0.6) is 0 Å². The normalized spacial score (nSPS) is 9.00. The van der Waals surface area contributed by atoms with Crippen molar-refractivity contribution in [3.8, 4) is 0 Å². The van der Waals surface area contributed by atoms with Gasteiger partial charge in [0.05, 0.1) is 12.7 Å². The number of esters is 1. The van der Waals surface area contributed by atoms with Crippen molar-refractivity contribution in [1.82, 2.24) is 0 Å². The number of hydrogen-bond acceptors (Lipinski definition) is 3. The first kappa shape index (κ1) is 17.2. The van der Waals surface area contributed by atoms with Gasteiger partial charge in [-0.25, -0.2) is 4.79 Å². The predicted molar refractivity (Wildman–Crippen MR) is 79.7 cm³/mol. The highest BCUT2D eigenvalue weighted by Crippen LogP contribution is 2.24. The van der Waals surface area contributed by atoms with Gasteiger partial charge in [-0.2, -0.15) is 0 Å². The molecule has 0 spiro atoms. The molecule has 0 N–H and O–H groups in total. The number of rotatable bonds is 1. The zero-order valence-corrected chi connectivity index (χ0v) is 13.0. The minimum Gasteiger partial charge on any atom is -0.465 e. The molecule has 0 amide bonds. The van der Waals surface area contributed by atoms with E-state index in [0.717, 1.165) is 22.3 Å². The van der Waals surface area contributed by atoms with Crippen LogP contribution in [0, 0.1) is 13.8 Å². The maximum atomic E-state index is 11.4. The zero-order chi connectivity index (χ0) is 15.0. The lowest BCUT2D eigenvalue weighted by Crippen LogP contribution is -2.01. The van der Waals surface area contributed by atoms with E-state index >= 15 is 0 Å². The number of methoxy groups -OCH3 is 1. The van der Waals surface area contributed by atoms with Crippen LogP contribution >= 0.6 is 0 Å². The second-order valence-corrected chi connectivity index (χ2v) is 3.56. The first-order valence-corrected chi connectivity index (χ1v) is 6.71. The van der Waals surface area contributed by atoms with E-state index in [1.54, 1.807) is 12.1 Å². The molecule has 0 aliphatic rings. The summed E-state index contributed by atoms with van der Waals surface area (Å²) >= 11 is 0. The molecule has 1 aromatic carbocycles. The van der Waals surface area contributed by atoms with E-state index in [1.165, 1.54) is 7.11 Å². The smallest absolute Gasteiger partial charge is 0.337 e. The maximum Gasteiger partial charge on any atom is 0.337 e. The highest BCUT2D eigenvalue weighted by atomic mass is 16.5. The first-order valence-electron chi connectivity index (χ1n) is 6.71. The standard InChI is InChI=1S/C12H12O3.2C2H6/c1-7-4-10(12(13)14-3)6-9-5-8(2)15-11(7)9;2*1-2/h4-6H,1-3H3;2*1-2H3. The Morgan fingerprint density at radius 3 is 2.16 bits per heavy atom. The Morgan fingerprint density at radius 2 is 1.63 bits per heavy atom. The Morgan fingerprint density at radius 1 is 1.05 bits per heavy atom. The summed E-state index contributed by atoms with van der Waals surface area (Å²) in [7, 11) is 1.38. The van der Waals surface area contributed by atoms with E-state index in [2.05, 4.69) is 4.74 Å². The Bertz CT molecular complexity index is 524. The summed E-state index contributed by atoms with van der Waals surface area (Å²) < 4.78 is 10.2. The molecule has 106 valence electrons. The molecule has 0 fully saturated rings. The minimum absolute atomic E-state index is 0.321. The second-order valence-electron chi connectivity index (χ2n) is 3.56. The maximum absolute atomic E-state index is 11.4. The van der Waals surface area contributed by atoms with Crippen LogP contribution in [0.3, 0.4) is 0 Å². The molecule has 0 aliphatic carbocycles. The number of benzene rings is 1. The van der Waals surface area contributed by atoms with Gasteiger partial charge < -0.3 is 9.15 Å². The van der Waals surface area contributed by atoms with Crippen molar-refractivity contribution in [2.75, 3.05) is 7.11 Å². The summed E-state index contributed by atoms with van der Waals surface area (Å²) in [5, 5.41) is 0.938. The molecular formula is C16H24O3. The molecule has 0 atom stereocenters. The summed E-state index contributed by atoms with van der Waals surface area (Å²) in [4.78, 5) is 11.4. The minimum atomic E-state index is -0.321. The van der Waals surface area contributed by atoms with Crippen LogP contribution in [0.25, 0.3) is 11.0 Å². The zero-order valence-electron chi connectivity index (χ0n) is 13.0. The average Bonchev–Trinajstić information content (AvgIpc) is 2.83. The third kappa shape index (κ3) is 4.12. The van der Waals surface area contributed by atoms with Crippen LogP contribution in [0.15, 0.2) is 22.6 Å². The average molecular weight is 264 g/mol. The molecule has 0 unspecified atom stereocenters. The van der Waals surface area contributed by atoms with Crippen LogP contribution < -0.4 is 0 Å². The lowest BCUT2D eigenvalue weighted by atomic mass is 10.1. The van der Waals surface area contributed by atoms with Crippen LogP contribution in [0.1, 0.15) is 49.4 Å². The summed E-state index contributed by atoms with van der Waals surface area (Å²) in [5.41, 5.74) is 2.34. The van der Waals surface area contributed by atoms with Crippen LogP contribution in [-0.4, -0.2) is 13.1 Å². The highest BCUT2D eigenvalue weighted by molar-refractivity contribution is 5.95. The topological polar surface area (TPSA) is 39.4 Å². The second kappa shape index (κ2) is 8.35. The van der Waals surface area contributed by atoms with E-state index in [9.17, 15) is 4.79 Å². The fourth-order valence-corrected chi connectivity index (χ4v) is 1.69. The SMILES string of the molecule is CC.CC.COC(=O)c1cc(C)c2oc(C)cc2c1. The number of carbonyl (C=O) groups excluding carboxylic acids is 1. The third-order valence-corrected chi connectivity index (χ3v) is 2.35. The van der Waals surface area contributed by atoms with Crippen molar-refractivity contribution in [2.45, 2.75) is 41.5 Å². The van der Waals surface area contributed by atoms with Crippen molar-refractivity contribution in [3.05, 3.63) is 35.1 Å². The highest BCUT2D eigenvalue weighted by Gasteiger charge is 2.10. The van der Waals surface area contributed by atoms with E-state index in [-0.39, 0.29) is 5.97 Å². The molecule has 0 radical (unpaired) electrons. The summed E-state index contributed by atoms with van der Waals surface area (Å²) in [6.45, 7) is 11.8. The molecule has 3 nitrogen and oxygen atoms in total. The quantitative estimate of drug-likeness (QED) is 0.688. The van der Waals surface area contributed by atoms with Crippen molar-refractivity contribution in [1.29, 1.82) is 0 Å². The summed E-state index contributed by atoms with van der Waals surface area (Å²) in [6.07, 6.45) is 0.